The number of carbonyl (C=O) groups is 1. The van der Waals surface area contributed by atoms with Gasteiger partial charge in [0.2, 0.25) is 0 Å². The highest BCUT2D eigenvalue weighted by molar-refractivity contribution is 5.94. The number of halogens is 1. The van der Waals surface area contributed by atoms with E-state index in [9.17, 15) is 9.18 Å². The van der Waals surface area contributed by atoms with Crippen LogP contribution in [0.25, 0.3) is 11.0 Å². The molecule has 1 aliphatic heterocycles. The molecule has 0 spiro atoms. The summed E-state index contributed by atoms with van der Waals surface area (Å²) in [6, 6.07) is 12.2. The first-order chi connectivity index (χ1) is 13.5. The summed E-state index contributed by atoms with van der Waals surface area (Å²) in [5.74, 6) is 0.266. The van der Waals surface area contributed by atoms with Gasteiger partial charge in [0.05, 0.1) is 24.2 Å². The molecular formula is C21H23FN4O2. The molecule has 1 amide bonds. The van der Waals surface area contributed by atoms with Crippen LogP contribution in [0.2, 0.25) is 0 Å². The second kappa shape index (κ2) is 7.59. The van der Waals surface area contributed by atoms with Gasteiger partial charge in [-0.25, -0.2) is 9.37 Å². The quantitative estimate of drug-likeness (QED) is 0.727. The zero-order valence-electron chi connectivity index (χ0n) is 15.9. The minimum Gasteiger partial charge on any atom is -0.494 e. The van der Waals surface area contributed by atoms with Crippen LogP contribution in [0, 0.1) is 5.82 Å². The van der Waals surface area contributed by atoms with E-state index in [1.165, 1.54) is 25.3 Å². The number of nitrogens with one attached hydrogen (secondary N) is 2. The fraction of sp³-hybridized carbons (Fsp3) is 0.333. The fourth-order valence-corrected chi connectivity index (χ4v) is 3.73. The largest absolute Gasteiger partial charge is 0.494 e. The standard InChI is InChI=1S/C21H23FN4O2/c1-26-10-9-14(23-21(27)13-7-8-15(22)19(11-13)28-2)12-18(26)20-24-16-5-3-4-6-17(16)25-20/h3-8,11,14,18H,9-10,12H2,1-2H3,(H,23,27)(H,24,25)/t14-,18-/m1/s1. The van der Waals surface area contributed by atoms with E-state index >= 15 is 0 Å². The second-order valence-electron chi connectivity index (χ2n) is 7.18. The van der Waals surface area contributed by atoms with Crippen molar-refractivity contribution in [3.05, 3.63) is 59.7 Å². The number of para-hydroxylation sites is 2. The average Bonchev–Trinajstić information content (AvgIpc) is 3.13. The monoisotopic (exact) mass is 382 g/mol. The molecule has 2 heterocycles. The number of amides is 1. The number of methoxy groups -OCH3 is 1. The summed E-state index contributed by atoms with van der Waals surface area (Å²) in [4.78, 5) is 23.0. The lowest BCUT2D eigenvalue weighted by Gasteiger charge is -2.36. The Labute approximate surface area is 162 Å². The predicted molar refractivity (Wildman–Crippen MR) is 105 cm³/mol. The summed E-state index contributed by atoms with van der Waals surface area (Å²) in [7, 11) is 3.45. The summed E-state index contributed by atoms with van der Waals surface area (Å²) in [5.41, 5.74) is 2.34. The molecule has 1 aromatic heterocycles. The molecule has 0 aliphatic carbocycles. The van der Waals surface area contributed by atoms with Crippen molar-refractivity contribution in [3.8, 4) is 5.75 Å². The van der Waals surface area contributed by atoms with Gasteiger partial charge in [0.1, 0.15) is 5.82 Å². The number of nitrogens with zero attached hydrogens (tertiary/aromatic N) is 2. The highest BCUT2D eigenvalue weighted by Crippen LogP contribution is 2.29. The van der Waals surface area contributed by atoms with Gasteiger partial charge in [-0.05, 0) is 50.2 Å². The summed E-state index contributed by atoms with van der Waals surface area (Å²) < 4.78 is 18.6. The number of benzene rings is 2. The summed E-state index contributed by atoms with van der Waals surface area (Å²) in [6.07, 6.45) is 1.59. The van der Waals surface area contributed by atoms with Crippen LogP contribution >= 0.6 is 0 Å². The molecule has 4 rings (SSSR count). The lowest BCUT2D eigenvalue weighted by molar-refractivity contribution is 0.0884. The Morgan fingerprint density at radius 1 is 1.32 bits per heavy atom. The minimum atomic E-state index is -0.483. The third-order valence-electron chi connectivity index (χ3n) is 5.34. The molecule has 1 fully saturated rings. The molecule has 28 heavy (non-hydrogen) atoms. The molecule has 1 saturated heterocycles. The van der Waals surface area contributed by atoms with Crippen molar-refractivity contribution in [1.29, 1.82) is 0 Å². The normalized spacial score (nSPS) is 20.2. The van der Waals surface area contributed by atoms with Gasteiger partial charge >= 0.3 is 0 Å². The number of aromatic nitrogens is 2. The van der Waals surface area contributed by atoms with E-state index in [2.05, 4.69) is 22.2 Å². The van der Waals surface area contributed by atoms with Crippen LogP contribution < -0.4 is 10.1 Å². The molecule has 0 unspecified atom stereocenters. The first-order valence-corrected chi connectivity index (χ1v) is 9.34. The zero-order valence-corrected chi connectivity index (χ0v) is 15.9. The SMILES string of the molecule is COc1cc(C(=O)N[C@@H]2CCN(C)[C@@H](c3nc4ccccc4[nH]3)C2)ccc1F. The third kappa shape index (κ3) is 3.57. The Morgan fingerprint density at radius 3 is 2.93 bits per heavy atom. The molecular weight excluding hydrogens is 359 g/mol. The summed E-state index contributed by atoms with van der Waals surface area (Å²) >= 11 is 0. The number of ether oxygens (including phenoxy) is 1. The van der Waals surface area contributed by atoms with Crippen LogP contribution in [0.15, 0.2) is 42.5 Å². The van der Waals surface area contributed by atoms with Crippen LogP contribution in [0.1, 0.15) is 35.1 Å². The van der Waals surface area contributed by atoms with Crippen LogP contribution in [-0.2, 0) is 0 Å². The number of fused-ring (bicyclic) bond motifs is 1. The van der Waals surface area contributed by atoms with E-state index in [-0.39, 0.29) is 23.7 Å². The van der Waals surface area contributed by atoms with Gasteiger partial charge < -0.3 is 15.0 Å². The van der Waals surface area contributed by atoms with Crippen molar-refractivity contribution in [2.24, 2.45) is 0 Å². The number of carbonyl (C=O) groups excluding carboxylic acids is 1. The number of hydrogen-bond acceptors (Lipinski definition) is 4. The molecule has 0 bridgehead atoms. The Bertz CT molecular complexity index is 970. The zero-order chi connectivity index (χ0) is 19.7. The maximum absolute atomic E-state index is 13.6. The van der Waals surface area contributed by atoms with Crippen LogP contribution in [0.5, 0.6) is 5.75 Å². The van der Waals surface area contributed by atoms with Crippen molar-refractivity contribution in [2.75, 3.05) is 20.7 Å². The molecule has 6 nitrogen and oxygen atoms in total. The van der Waals surface area contributed by atoms with Gasteiger partial charge in [-0.15, -0.1) is 0 Å². The predicted octanol–water partition coefficient (Wildman–Crippen LogP) is 3.28. The Hall–Kier alpha value is -2.93. The number of rotatable bonds is 4. The Morgan fingerprint density at radius 2 is 2.14 bits per heavy atom. The van der Waals surface area contributed by atoms with Crippen LogP contribution in [0.4, 0.5) is 4.39 Å². The van der Waals surface area contributed by atoms with Crippen molar-refractivity contribution in [3.63, 3.8) is 0 Å². The molecule has 3 aromatic rings. The van der Waals surface area contributed by atoms with Gasteiger partial charge in [0, 0.05) is 18.2 Å². The maximum Gasteiger partial charge on any atom is 0.251 e. The van der Waals surface area contributed by atoms with Crippen molar-refractivity contribution in [2.45, 2.75) is 24.9 Å². The molecule has 0 saturated carbocycles. The number of hydrogen-bond donors (Lipinski definition) is 2. The summed E-state index contributed by atoms with van der Waals surface area (Å²) in [5, 5.41) is 3.07. The van der Waals surface area contributed by atoms with Crippen LogP contribution in [-0.4, -0.2) is 47.5 Å². The lowest BCUT2D eigenvalue weighted by Crippen LogP contribution is -2.45. The topological polar surface area (TPSA) is 70.2 Å². The molecule has 2 aromatic carbocycles. The Kier molecular flexibility index (Phi) is 5.00. The third-order valence-corrected chi connectivity index (χ3v) is 5.34. The highest BCUT2D eigenvalue weighted by atomic mass is 19.1. The van der Waals surface area contributed by atoms with Gasteiger partial charge in [-0.3, -0.25) is 9.69 Å². The van der Waals surface area contributed by atoms with E-state index in [1.54, 1.807) is 0 Å². The number of H-pyrrole nitrogens is 1. The van der Waals surface area contributed by atoms with Gasteiger partial charge in [-0.2, -0.15) is 0 Å². The van der Waals surface area contributed by atoms with E-state index in [1.807, 2.05) is 24.3 Å². The lowest BCUT2D eigenvalue weighted by atomic mass is 9.96. The van der Waals surface area contributed by atoms with Crippen molar-refractivity contribution >= 4 is 16.9 Å². The Balaban J connectivity index is 1.49. The average molecular weight is 382 g/mol. The molecule has 2 atom stereocenters. The molecule has 7 heteroatoms. The highest BCUT2D eigenvalue weighted by Gasteiger charge is 2.30. The molecule has 2 N–H and O–H groups in total. The molecule has 146 valence electrons. The maximum atomic E-state index is 13.6. The first kappa shape index (κ1) is 18.4. The van der Waals surface area contributed by atoms with Crippen molar-refractivity contribution in [1.82, 2.24) is 20.2 Å². The molecule has 1 aliphatic rings. The fourth-order valence-electron chi connectivity index (χ4n) is 3.73. The van der Waals surface area contributed by atoms with E-state index in [0.29, 0.717) is 5.56 Å². The number of aromatic amines is 1. The smallest absolute Gasteiger partial charge is 0.251 e. The van der Waals surface area contributed by atoms with Crippen LogP contribution in [0.3, 0.4) is 0 Å². The van der Waals surface area contributed by atoms with E-state index in [4.69, 9.17) is 9.72 Å². The van der Waals surface area contributed by atoms with Gasteiger partial charge in [0.25, 0.3) is 5.91 Å². The van der Waals surface area contributed by atoms with E-state index in [0.717, 1.165) is 36.2 Å². The van der Waals surface area contributed by atoms with Gasteiger partial charge in [0.15, 0.2) is 11.6 Å². The number of piperidine rings is 1. The van der Waals surface area contributed by atoms with E-state index < -0.39 is 5.82 Å². The second-order valence-corrected chi connectivity index (χ2v) is 7.18. The van der Waals surface area contributed by atoms with Crippen molar-refractivity contribution < 1.29 is 13.9 Å². The van der Waals surface area contributed by atoms with Gasteiger partial charge in [-0.1, -0.05) is 12.1 Å². The summed E-state index contributed by atoms with van der Waals surface area (Å²) in [6.45, 7) is 0.847. The minimum absolute atomic E-state index is 0.0120. The number of likely N-dealkylation sites (tertiary alicyclic amines) is 1. The number of imidazole rings is 1. The first-order valence-electron chi connectivity index (χ1n) is 9.34. The molecule has 0 radical (unpaired) electrons.